The number of nitrogens with one attached hydrogen (secondary N) is 1. The minimum Gasteiger partial charge on any atom is -0.393 e. The predicted molar refractivity (Wildman–Crippen MR) is 49.4 cm³/mol. The van der Waals surface area contributed by atoms with E-state index in [-0.39, 0.29) is 5.91 Å². The topological polar surface area (TPSA) is 72.5 Å². The molecular formula is C10H11NO4. The van der Waals surface area contributed by atoms with Gasteiger partial charge >= 0.3 is 11.9 Å². The van der Waals surface area contributed by atoms with Crippen LogP contribution in [0.15, 0.2) is 12.2 Å². The van der Waals surface area contributed by atoms with Crippen LogP contribution >= 0.6 is 0 Å². The zero-order chi connectivity index (χ0) is 11.0. The van der Waals surface area contributed by atoms with Gasteiger partial charge in [-0.1, -0.05) is 12.2 Å². The van der Waals surface area contributed by atoms with Crippen molar-refractivity contribution in [2.24, 2.45) is 17.8 Å². The Kier molecular flexibility index (Phi) is 2.30. The maximum absolute atomic E-state index is 11.5. The number of cyclic esters (lactones) is 2. The molecule has 1 heterocycles. The molecule has 0 saturated carbocycles. The molecule has 5 heteroatoms. The minimum atomic E-state index is -0.637. The average Bonchev–Trinajstić information content (AvgIpc) is 2.54. The van der Waals surface area contributed by atoms with Crippen molar-refractivity contribution in [1.82, 2.24) is 5.32 Å². The Balaban J connectivity index is 2.30. The SMILES string of the molecule is CNC(=O)C1C=CCC2C(=O)OC(=O)C12. The molecule has 0 bridgehead atoms. The zero-order valence-electron chi connectivity index (χ0n) is 8.23. The summed E-state index contributed by atoms with van der Waals surface area (Å²) in [5.74, 6) is -3.04. The average molecular weight is 209 g/mol. The van der Waals surface area contributed by atoms with E-state index in [1.54, 1.807) is 12.2 Å². The summed E-state index contributed by atoms with van der Waals surface area (Å²) in [5, 5.41) is 2.47. The first-order valence-electron chi connectivity index (χ1n) is 4.79. The lowest BCUT2D eigenvalue weighted by Crippen LogP contribution is -2.38. The van der Waals surface area contributed by atoms with Crippen molar-refractivity contribution < 1.29 is 19.1 Å². The van der Waals surface area contributed by atoms with Crippen LogP contribution in [0.4, 0.5) is 0 Å². The molecule has 5 nitrogen and oxygen atoms in total. The van der Waals surface area contributed by atoms with Gasteiger partial charge in [0.1, 0.15) is 0 Å². The van der Waals surface area contributed by atoms with Gasteiger partial charge in [-0.2, -0.15) is 0 Å². The number of fused-ring (bicyclic) bond motifs is 1. The molecule has 3 atom stereocenters. The third-order valence-electron chi connectivity index (χ3n) is 2.88. The van der Waals surface area contributed by atoms with Crippen molar-refractivity contribution in [2.75, 3.05) is 7.05 Å². The van der Waals surface area contributed by atoms with Gasteiger partial charge in [-0.15, -0.1) is 0 Å². The fraction of sp³-hybridized carbons (Fsp3) is 0.500. The lowest BCUT2D eigenvalue weighted by atomic mass is 9.77. The van der Waals surface area contributed by atoms with Gasteiger partial charge in [0.2, 0.25) is 5.91 Å². The number of hydrogen-bond acceptors (Lipinski definition) is 4. The van der Waals surface area contributed by atoms with Gasteiger partial charge < -0.3 is 10.1 Å². The zero-order valence-corrected chi connectivity index (χ0v) is 8.23. The maximum atomic E-state index is 11.5. The van der Waals surface area contributed by atoms with Crippen molar-refractivity contribution in [3.63, 3.8) is 0 Å². The quantitative estimate of drug-likeness (QED) is 0.363. The first kappa shape index (κ1) is 9.89. The molecule has 1 N–H and O–H groups in total. The van der Waals surface area contributed by atoms with Gasteiger partial charge in [-0.3, -0.25) is 14.4 Å². The van der Waals surface area contributed by atoms with Gasteiger partial charge in [-0.05, 0) is 6.42 Å². The molecule has 1 fully saturated rings. The van der Waals surface area contributed by atoms with Crippen molar-refractivity contribution >= 4 is 17.8 Å². The van der Waals surface area contributed by atoms with E-state index in [1.807, 2.05) is 0 Å². The van der Waals surface area contributed by atoms with E-state index in [1.165, 1.54) is 7.05 Å². The van der Waals surface area contributed by atoms with Crippen LogP contribution in [0.1, 0.15) is 6.42 Å². The molecule has 1 aliphatic carbocycles. The molecule has 1 amide bonds. The Morgan fingerprint density at radius 1 is 1.47 bits per heavy atom. The highest BCUT2D eigenvalue weighted by molar-refractivity contribution is 6.00. The largest absolute Gasteiger partial charge is 0.393 e. The summed E-state index contributed by atoms with van der Waals surface area (Å²) in [7, 11) is 1.50. The number of carbonyl (C=O) groups is 3. The number of rotatable bonds is 1. The molecule has 0 aromatic rings. The third-order valence-corrected chi connectivity index (χ3v) is 2.88. The molecule has 80 valence electrons. The smallest absolute Gasteiger partial charge is 0.318 e. The molecular weight excluding hydrogens is 198 g/mol. The van der Waals surface area contributed by atoms with Crippen LogP contribution < -0.4 is 5.32 Å². The molecule has 0 spiro atoms. The molecule has 0 radical (unpaired) electrons. The Labute approximate surface area is 86.5 Å². The molecule has 1 aliphatic heterocycles. The Hall–Kier alpha value is -1.65. The summed E-state index contributed by atoms with van der Waals surface area (Å²) < 4.78 is 4.54. The Bertz CT molecular complexity index is 360. The monoisotopic (exact) mass is 209 g/mol. The number of allylic oxidation sites excluding steroid dienone is 1. The second-order valence-corrected chi connectivity index (χ2v) is 3.68. The van der Waals surface area contributed by atoms with Crippen LogP contribution in [0.5, 0.6) is 0 Å². The second kappa shape index (κ2) is 3.49. The molecule has 0 aromatic carbocycles. The fourth-order valence-electron chi connectivity index (χ4n) is 2.10. The van der Waals surface area contributed by atoms with Crippen molar-refractivity contribution in [3.05, 3.63) is 12.2 Å². The van der Waals surface area contributed by atoms with Crippen LogP contribution in [0.2, 0.25) is 0 Å². The lowest BCUT2D eigenvalue weighted by molar-refractivity contribution is -0.154. The van der Waals surface area contributed by atoms with E-state index in [4.69, 9.17) is 0 Å². The molecule has 1 saturated heterocycles. The van der Waals surface area contributed by atoms with Crippen LogP contribution in [0, 0.1) is 17.8 Å². The Morgan fingerprint density at radius 2 is 2.20 bits per heavy atom. The molecule has 2 rings (SSSR count). The second-order valence-electron chi connectivity index (χ2n) is 3.68. The normalized spacial score (nSPS) is 33.5. The summed E-state index contributed by atoms with van der Waals surface area (Å²) in [5.41, 5.74) is 0. The van der Waals surface area contributed by atoms with Crippen LogP contribution in [-0.2, 0) is 19.1 Å². The van der Waals surface area contributed by atoms with E-state index in [0.717, 1.165) is 0 Å². The molecule has 2 aliphatic rings. The van der Waals surface area contributed by atoms with Gasteiger partial charge in [0.15, 0.2) is 0 Å². The molecule has 15 heavy (non-hydrogen) atoms. The summed E-state index contributed by atoms with van der Waals surface area (Å²) in [6.07, 6.45) is 3.89. The van der Waals surface area contributed by atoms with Gasteiger partial charge in [0.25, 0.3) is 0 Å². The minimum absolute atomic E-state index is 0.257. The van der Waals surface area contributed by atoms with Gasteiger partial charge in [-0.25, -0.2) is 0 Å². The lowest BCUT2D eigenvalue weighted by Gasteiger charge is -2.22. The van der Waals surface area contributed by atoms with Crippen LogP contribution in [0.3, 0.4) is 0 Å². The number of ether oxygens (including phenoxy) is 1. The number of hydrogen-bond donors (Lipinski definition) is 1. The highest BCUT2D eigenvalue weighted by Crippen LogP contribution is 2.37. The number of amides is 1. The molecule has 3 unspecified atom stereocenters. The van der Waals surface area contributed by atoms with E-state index < -0.39 is 29.7 Å². The van der Waals surface area contributed by atoms with Crippen molar-refractivity contribution in [1.29, 1.82) is 0 Å². The summed E-state index contributed by atoms with van der Waals surface area (Å²) in [6.45, 7) is 0. The van der Waals surface area contributed by atoms with E-state index in [2.05, 4.69) is 10.1 Å². The van der Waals surface area contributed by atoms with Crippen LogP contribution in [0.25, 0.3) is 0 Å². The van der Waals surface area contributed by atoms with Crippen molar-refractivity contribution in [2.45, 2.75) is 6.42 Å². The standard InChI is InChI=1S/C10H11NO4/c1-11-8(12)5-3-2-4-6-7(5)10(14)15-9(6)13/h2-3,5-7H,4H2,1H3,(H,11,12). The number of esters is 2. The first-order chi connectivity index (χ1) is 7.15. The highest BCUT2D eigenvalue weighted by atomic mass is 16.6. The predicted octanol–water partition coefficient (Wildman–Crippen LogP) is -0.376. The summed E-state index contributed by atoms with van der Waals surface area (Å²) in [6, 6.07) is 0. The van der Waals surface area contributed by atoms with Crippen molar-refractivity contribution in [3.8, 4) is 0 Å². The van der Waals surface area contributed by atoms with E-state index >= 15 is 0 Å². The summed E-state index contributed by atoms with van der Waals surface area (Å²) >= 11 is 0. The van der Waals surface area contributed by atoms with E-state index in [0.29, 0.717) is 6.42 Å². The van der Waals surface area contributed by atoms with Gasteiger partial charge in [0.05, 0.1) is 17.8 Å². The van der Waals surface area contributed by atoms with Crippen LogP contribution in [-0.4, -0.2) is 24.9 Å². The fourth-order valence-corrected chi connectivity index (χ4v) is 2.10. The Morgan fingerprint density at radius 3 is 2.87 bits per heavy atom. The third kappa shape index (κ3) is 1.44. The number of carbonyl (C=O) groups excluding carboxylic acids is 3. The van der Waals surface area contributed by atoms with E-state index in [9.17, 15) is 14.4 Å². The van der Waals surface area contributed by atoms with Gasteiger partial charge in [0, 0.05) is 7.05 Å². The molecule has 0 aromatic heterocycles. The summed E-state index contributed by atoms with van der Waals surface area (Å²) in [4.78, 5) is 34.1. The maximum Gasteiger partial charge on any atom is 0.318 e. The first-order valence-corrected chi connectivity index (χ1v) is 4.79. The highest BCUT2D eigenvalue weighted by Gasteiger charge is 2.50.